The second-order valence-corrected chi connectivity index (χ2v) is 6.47. The predicted molar refractivity (Wildman–Crippen MR) is 107 cm³/mol. The van der Waals surface area contributed by atoms with Gasteiger partial charge in [0.1, 0.15) is 5.75 Å². The Bertz CT molecular complexity index is 721. The lowest BCUT2D eigenvalue weighted by atomic mass is 10.1. The molecular formula is C20H26ClN3O2. The summed E-state index contributed by atoms with van der Waals surface area (Å²) in [6.45, 7) is 6.22. The minimum absolute atomic E-state index is 0. The molecule has 1 amide bonds. The molecule has 0 aromatic heterocycles. The highest BCUT2D eigenvalue weighted by Gasteiger charge is 2.15. The molecule has 1 aliphatic heterocycles. The van der Waals surface area contributed by atoms with Crippen molar-refractivity contribution in [1.29, 1.82) is 0 Å². The van der Waals surface area contributed by atoms with Crippen LogP contribution in [0.15, 0.2) is 48.5 Å². The Morgan fingerprint density at radius 1 is 1.27 bits per heavy atom. The van der Waals surface area contributed by atoms with Gasteiger partial charge in [0.25, 0.3) is 5.91 Å². The van der Waals surface area contributed by atoms with Crippen LogP contribution in [0.5, 0.6) is 5.75 Å². The molecule has 1 fully saturated rings. The molecule has 0 saturated carbocycles. The fourth-order valence-electron chi connectivity index (χ4n) is 3.11. The van der Waals surface area contributed by atoms with Gasteiger partial charge in [-0.1, -0.05) is 12.1 Å². The van der Waals surface area contributed by atoms with Crippen LogP contribution in [0.25, 0.3) is 0 Å². The number of piperazine rings is 1. The first-order valence-corrected chi connectivity index (χ1v) is 8.64. The lowest BCUT2D eigenvalue weighted by Gasteiger charge is -2.31. The second-order valence-electron chi connectivity index (χ2n) is 6.47. The number of hydrogen-bond acceptors (Lipinski definition) is 4. The smallest absolute Gasteiger partial charge is 0.255 e. The first kappa shape index (κ1) is 20.2. The van der Waals surface area contributed by atoms with Gasteiger partial charge in [0.05, 0.1) is 7.11 Å². The summed E-state index contributed by atoms with van der Waals surface area (Å²) in [6, 6.07) is 15.7. The van der Waals surface area contributed by atoms with Gasteiger partial charge < -0.3 is 15.4 Å². The van der Waals surface area contributed by atoms with Gasteiger partial charge in [-0.2, -0.15) is 0 Å². The highest BCUT2D eigenvalue weighted by Crippen LogP contribution is 2.16. The van der Waals surface area contributed by atoms with Crippen LogP contribution in [0.4, 0.5) is 5.69 Å². The van der Waals surface area contributed by atoms with Gasteiger partial charge in [-0.15, -0.1) is 12.4 Å². The molecule has 0 aliphatic carbocycles. The van der Waals surface area contributed by atoms with Crippen molar-refractivity contribution in [3.8, 4) is 5.75 Å². The van der Waals surface area contributed by atoms with E-state index in [0.29, 0.717) is 11.6 Å². The number of amides is 1. The SMILES string of the molecule is COc1ccc(C(=O)Nc2cccc(CN3CCN[C@H](C)C3)c2)cc1.Cl. The van der Waals surface area contributed by atoms with Crippen molar-refractivity contribution in [2.24, 2.45) is 0 Å². The van der Waals surface area contributed by atoms with Crippen LogP contribution in [-0.4, -0.2) is 43.6 Å². The molecule has 3 rings (SSSR count). The topological polar surface area (TPSA) is 53.6 Å². The van der Waals surface area contributed by atoms with E-state index < -0.39 is 0 Å². The van der Waals surface area contributed by atoms with E-state index in [9.17, 15) is 4.79 Å². The summed E-state index contributed by atoms with van der Waals surface area (Å²) in [4.78, 5) is 14.8. The van der Waals surface area contributed by atoms with Crippen molar-refractivity contribution in [2.75, 3.05) is 32.1 Å². The average molecular weight is 376 g/mol. The number of hydrogen-bond donors (Lipinski definition) is 2. The molecule has 1 heterocycles. The number of methoxy groups -OCH3 is 1. The van der Waals surface area contributed by atoms with Crippen LogP contribution in [0.3, 0.4) is 0 Å². The Hall–Kier alpha value is -2.08. The molecule has 2 aromatic carbocycles. The normalized spacial score (nSPS) is 17.2. The maximum atomic E-state index is 12.4. The number of ether oxygens (including phenoxy) is 1. The summed E-state index contributed by atoms with van der Waals surface area (Å²) in [6.07, 6.45) is 0. The molecular weight excluding hydrogens is 350 g/mol. The van der Waals surface area contributed by atoms with Crippen LogP contribution in [-0.2, 0) is 6.54 Å². The predicted octanol–water partition coefficient (Wildman–Crippen LogP) is 3.16. The first-order valence-electron chi connectivity index (χ1n) is 8.64. The lowest BCUT2D eigenvalue weighted by molar-refractivity contribution is 0.102. The van der Waals surface area contributed by atoms with Crippen LogP contribution in [0.2, 0.25) is 0 Å². The van der Waals surface area contributed by atoms with E-state index in [1.807, 2.05) is 18.2 Å². The van der Waals surface area contributed by atoms with Gasteiger partial charge >= 0.3 is 0 Å². The van der Waals surface area contributed by atoms with Crippen molar-refractivity contribution < 1.29 is 9.53 Å². The molecule has 0 spiro atoms. The number of nitrogens with zero attached hydrogens (tertiary/aromatic N) is 1. The Kier molecular flexibility index (Phi) is 7.45. The molecule has 1 aliphatic rings. The molecule has 0 unspecified atom stereocenters. The Morgan fingerprint density at radius 2 is 2.04 bits per heavy atom. The summed E-state index contributed by atoms with van der Waals surface area (Å²) in [7, 11) is 1.61. The number of benzene rings is 2. The van der Waals surface area contributed by atoms with Crippen LogP contribution in [0.1, 0.15) is 22.8 Å². The quantitative estimate of drug-likeness (QED) is 0.842. The number of anilines is 1. The molecule has 6 heteroatoms. The number of nitrogens with one attached hydrogen (secondary N) is 2. The Labute approximate surface area is 161 Å². The summed E-state index contributed by atoms with van der Waals surface area (Å²) < 4.78 is 5.12. The maximum Gasteiger partial charge on any atom is 0.255 e. The third-order valence-electron chi connectivity index (χ3n) is 4.40. The Morgan fingerprint density at radius 3 is 2.73 bits per heavy atom. The molecule has 1 atom stereocenters. The van der Waals surface area contributed by atoms with E-state index in [4.69, 9.17) is 4.74 Å². The monoisotopic (exact) mass is 375 g/mol. The van der Waals surface area contributed by atoms with Gasteiger partial charge in [-0.05, 0) is 48.9 Å². The zero-order valence-corrected chi connectivity index (χ0v) is 16.0. The van der Waals surface area contributed by atoms with Gasteiger partial charge in [0.2, 0.25) is 0 Å². The molecule has 0 bridgehead atoms. The van der Waals surface area contributed by atoms with Crippen molar-refractivity contribution in [2.45, 2.75) is 19.5 Å². The van der Waals surface area contributed by atoms with E-state index in [1.54, 1.807) is 31.4 Å². The first-order chi connectivity index (χ1) is 12.1. The summed E-state index contributed by atoms with van der Waals surface area (Å²) in [5.74, 6) is 0.624. The summed E-state index contributed by atoms with van der Waals surface area (Å²) in [5, 5.41) is 6.43. The number of carbonyl (C=O) groups is 1. The van der Waals surface area contributed by atoms with Gasteiger partial charge in [0.15, 0.2) is 0 Å². The zero-order valence-electron chi connectivity index (χ0n) is 15.2. The van der Waals surface area contributed by atoms with E-state index >= 15 is 0 Å². The fraction of sp³-hybridized carbons (Fsp3) is 0.350. The average Bonchev–Trinajstić information content (AvgIpc) is 2.62. The highest BCUT2D eigenvalue weighted by molar-refractivity contribution is 6.04. The van der Waals surface area contributed by atoms with Crippen molar-refractivity contribution in [1.82, 2.24) is 10.2 Å². The van der Waals surface area contributed by atoms with Crippen molar-refractivity contribution in [3.05, 3.63) is 59.7 Å². The van der Waals surface area contributed by atoms with Gasteiger partial charge in [-0.3, -0.25) is 9.69 Å². The van der Waals surface area contributed by atoms with E-state index in [1.165, 1.54) is 5.56 Å². The molecule has 2 N–H and O–H groups in total. The molecule has 2 aromatic rings. The lowest BCUT2D eigenvalue weighted by Crippen LogP contribution is -2.48. The maximum absolute atomic E-state index is 12.4. The van der Waals surface area contributed by atoms with Crippen molar-refractivity contribution in [3.63, 3.8) is 0 Å². The summed E-state index contributed by atoms with van der Waals surface area (Å²) >= 11 is 0. The minimum Gasteiger partial charge on any atom is -0.497 e. The molecule has 140 valence electrons. The summed E-state index contributed by atoms with van der Waals surface area (Å²) in [5.41, 5.74) is 2.64. The molecule has 5 nitrogen and oxygen atoms in total. The standard InChI is InChI=1S/C20H25N3O2.ClH/c1-15-13-23(11-10-21-15)14-16-4-3-5-18(12-16)22-20(24)17-6-8-19(25-2)9-7-17;/h3-9,12,15,21H,10-11,13-14H2,1-2H3,(H,22,24);1H/t15-;/m1./s1. The Balaban J connectivity index is 0.00000243. The second kappa shape index (κ2) is 9.57. The largest absolute Gasteiger partial charge is 0.497 e. The molecule has 1 saturated heterocycles. The van der Waals surface area contributed by atoms with Crippen LogP contribution in [0, 0.1) is 0 Å². The number of rotatable bonds is 5. The third kappa shape index (κ3) is 5.46. The molecule has 0 radical (unpaired) electrons. The van der Waals surface area contributed by atoms with Crippen LogP contribution >= 0.6 is 12.4 Å². The fourth-order valence-corrected chi connectivity index (χ4v) is 3.11. The van der Waals surface area contributed by atoms with Gasteiger partial charge in [0, 0.05) is 43.5 Å². The highest BCUT2D eigenvalue weighted by atomic mass is 35.5. The van der Waals surface area contributed by atoms with Crippen molar-refractivity contribution >= 4 is 24.0 Å². The zero-order chi connectivity index (χ0) is 17.6. The van der Waals surface area contributed by atoms with E-state index in [-0.39, 0.29) is 18.3 Å². The van der Waals surface area contributed by atoms with Crippen LogP contribution < -0.4 is 15.4 Å². The van der Waals surface area contributed by atoms with E-state index in [0.717, 1.165) is 37.6 Å². The minimum atomic E-state index is -0.115. The van der Waals surface area contributed by atoms with Gasteiger partial charge in [-0.25, -0.2) is 0 Å². The molecule has 26 heavy (non-hydrogen) atoms. The number of carbonyl (C=O) groups excluding carboxylic acids is 1. The van der Waals surface area contributed by atoms with E-state index in [2.05, 4.69) is 28.5 Å². The third-order valence-corrected chi connectivity index (χ3v) is 4.40. The number of halogens is 1.